The highest BCUT2D eigenvalue weighted by Gasteiger charge is 2.58. The molecule has 0 spiro atoms. The molecule has 0 saturated heterocycles. The lowest BCUT2D eigenvalue weighted by Gasteiger charge is -2.30. The van der Waals surface area contributed by atoms with Gasteiger partial charge >= 0.3 is 30.1 Å². The molecule has 0 bridgehead atoms. The molecule has 0 radical (unpaired) electrons. The minimum absolute atomic E-state index is 0.0565. The molecule has 22 nitrogen and oxygen atoms in total. The number of hydrogen-bond donors (Lipinski definition) is 6. The second-order valence-electron chi connectivity index (χ2n) is 22.4. The van der Waals surface area contributed by atoms with Crippen LogP contribution < -0.4 is 5.73 Å². The second-order valence-corrected chi connectivity index (χ2v) is 30.3. The van der Waals surface area contributed by atoms with Gasteiger partial charge in [0.2, 0.25) is 0 Å². The molecule has 4 heterocycles. The summed E-state index contributed by atoms with van der Waals surface area (Å²) in [7, 11) is -13.8. The minimum Gasteiger partial charge on any atom is -0.481 e. The average Bonchev–Trinajstić information content (AvgIpc) is 1.88. The van der Waals surface area contributed by atoms with Crippen LogP contribution in [0.5, 0.6) is 0 Å². The van der Waals surface area contributed by atoms with E-state index in [2.05, 4.69) is 19.9 Å². The largest absolute Gasteiger partial charge is 0.481 e. The third-order valence-corrected chi connectivity index (χ3v) is 21.4. The van der Waals surface area contributed by atoms with Gasteiger partial charge in [0.05, 0.1) is 48.7 Å². The summed E-state index contributed by atoms with van der Waals surface area (Å²) in [5.41, 5.74) is 6.41. The van der Waals surface area contributed by atoms with Crippen molar-refractivity contribution in [1.29, 1.82) is 0 Å². The maximum atomic E-state index is 12.8. The number of pyridine rings is 4. The molecule has 488 valence electrons. The molecule has 4 aliphatic rings. The Balaban J connectivity index is 0.000000203. The maximum Gasteiger partial charge on any atom is 0.421 e. The summed E-state index contributed by atoms with van der Waals surface area (Å²) in [4.78, 5) is 57.7. The highest BCUT2D eigenvalue weighted by Crippen LogP contribution is 2.49. The lowest BCUT2D eigenvalue weighted by Crippen LogP contribution is -2.42. The van der Waals surface area contributed by atoms with Crippen molar-refractivity contribution in [3.05, 3.63) is 124 Å². The van der Waals surface area contributed by atoms with Crippen molar-refractivity contribution in [2.75, 3.05) is 28.7 Å². The Labute approximate surface area is 512 Å². The zero-order chi connectivity index (χ0) is 66.7. The van der Waals surface area contributed by atoms with Crippen molar-refractivity contribution < 1.29 is 100 Å². The molecule has 4 aromatic heterocycles. The van der Waals surface area contributed by atoms with E-state index in [0.29, 0.717) is 44.8 Å². The number of nitrogen functional groups attached to an aromatic ring is 1. The summed E-state index contributed by atoms with van der Waals surface area (Å²) in [6.45, 7) is 6.58. The number of alkyl halides is 5. The van der Waals surface area contributed by atoms with Crippen molar-refractivity contribution in [1.82, 2.24) is 19.9 Å². The summed E-state index contributed by atoms with van der Waals surface area (Å²) < 4.78 is 159. The molecule has 2 atom stereocenters. The summed E-state index contributed by atoms with van der Waals surface area (Å²) in [6, 6.07) is 13.6. The van der Waals surface area contributed by atoms with E-state index in [1.165, 1.54) is 60.9 Å². The first-order valence-electron chi connectivity index (χ1n) is 27.8. The first-order chi connectivity index (χ1) is 41.2. The Kier molecular flexibility index (Phi) is 24.2. The molecule has 4 saturated carbocycles. The summed E-state index contributed by atoms with van der Waals surface area (Å²) in [5.74, 6) is -7.31. The highest BCUT2D eigenvalue weighted by atomic mass is 32.2. The van der Waals surface area contributed by atoms with Gasteiger partial charge in [0.25, 0.3) is 5.92 Å². The van der Waals surface area contributed by atoms with E-state index in [4.69, 9.17) is 26.2 Å². The molecular formula is C58H70F5N5O17S4. The number of aliphatic carboxylic acids is 4. The second kappa shape index (κ2) is 29.7. The maximum absolute atomic E-state index is 12.8. The van der Waals surface area contributed by atoms with Crippen molar-refractivity contribution in [2.45, 2.75) is 149 Å². The van der Waals surface area contributed by atoms with Crippen LogP contribution in [0, 0.1) is 44.4 Å². The van der Waals surface area contributed by atoms with Gasteiger partial charge in [0.1, 0.15) is 0 Å². The van der Waals surface area contributed by atoms with E-state index in [1.807, 2.05) is 0 Å². The predicted molar refractivity (Wildman–Crippen MR) is 312 cm³/mol. The van der Waals surface area contributed by atoms with Gasteiger partial charge in [-0.3, -0.25) is 19.2 Å². The third kappa shape index (κ3) is 22.7. The summed E-state index contributed by atoms with van der Waals surface area (Å²) in [5, 5.41) is 44.3. The fourth-order valence-corrected chi connectivity index (χ4v) is 15.5. The molecule has 4 aliphatic carbocycles. The van der Waals surface area contributed by atoms with Gasteiger partial charge in [-0.2, -0.15) is 13.2 Å². The lowest BCUT2D eigenvalue weighted by molar-refractivity contribution is -0.269. The Morgan fingerprint density at radius 1 is 0.562 bits per heavy atom. The van der Waals surface area contributed by atoms with Crippen LogP contribution in [0.3, 0.4) is 0 Å². The molecule has 0 aliphatic heterocycles. The van der Waals surface area contributed by atoms with Crippen LogP contribution in [-0.4, -0.2) is 138 Å². The van der Waals surface area contributed by atoms with Crippen molar-refractivity contribution in [3.8, 4) is 0 Å². The third-order valence-electron chi connectivity index (χ3n) is 14.2. The van der Waals surface area contributed by atoms with Gasteiger partial charge in [-0.15, -0.1) is 0 Å². The number of halogens is 5. The number of aromatic nitrogens is 4. The first-order valence-corrected chi connectivity index (χ1v) is 34.4. The van der Waals surface area contributed by atoms with E-state index in [9.17, 15) is 79.9 Å². The van der Waals surface area contributed by atoms with Crippen molar-refractivity contribution >= 4 is 68.9 Å². The van der Waals surface area contributed by atoms with Crippen LogP contribution in [0.15, 0.2) is 99.4 Å². The number of nitrogens with zero attached hydrogens (tertiary/aromatic N) is 4. The molecule has 89 heavy (non-hydrogen) atoms. The van der Waals surface area contributed by atoms with Crippen LogP contribution in [-0.2, 0) is 89.8 Å². The summed E-state index contributed by atoms with van der Waals surface area (Å²) in [6.07, 6.45) is 3.72. The molecule has 2 unspecified atom stereocenters. The number of aliphatic hydroxyl groups is 1. The zero-order valence-corrected chi connectivity index (χ0v) is 52.1. The van der Waals surface area contributed by atoms with Crippen molar-refractivity contribution in [3.63, 3.8) is 0 Å². The Morgan fingerprint density at radius 3 is 1.44 bits per heavy atom. The number of hydrogen-bond acceptors (Lipinski definition) is 18. The topological polar surface area (TPSA) is 384 Å². The monoisotopic (exact) mass is 1330 g/mol. The van der Waals surface area contributed by atoms with Crippen LogP contribution in [0.25, 0.3) is 0 Å². The standard InChI is InChI=1S/3C12H15NO4S.C11H14F3NO.C11H11F2NO4S/c1-8-4-11(13-6-10(8)5-12(14)15)18(16,17)7-9-2-3-9;1-8-4-10(5-11(14)15)6-13-12(8)18(16,17)7-9-2-3-9;1-8-10(6-12(14)15)4-5-11(13-8)18(16,17)7-9-2-3-9;1-2-7-10(16,11(12,13)14)8-3-5-9(15)6-4-8;12-11(13)4-8(11)6-19(17,18)9-2-1-7(5-14-9)3-10(15)16/h2*4,6,9H,2-3,5,7H2,1H3,(H,14,15);4-5,9H,2-3,6-7H2,1H3,(H,14,15);3-6,16H,2,7,15H2,1H3;1-2,5,8H,3-4,6H2,(H,15,16). The quantitative estimate of drug-likeness (QED) is 0.0271. The Bertz CT molecular complexity index is 3720. The lowest BCUT2D eigenvalue weighted by atomic mass is 9.88. The summed E-state index contributed by atoms with van der Waals surface area (Å²) >= 11 is 0. The predicted octanol–water partition coefficient (Wildman–Crippen LogP) is 7.56. The van der Waals surface area contributed by atoms with E-state index in [-0.39, 0.29) is 99.2 Å². The molecule has 31 heteroatoms. The minimum atomic E-state index is -4.68. The number of anilines is 1. The molecule has 7 N–H and O–H groups in total. The van der Waals surface area contributed by atoms with Crippen LogP contribution in [0.2, 0.25) is 0 Å². The number of aryl methyl sites for hydroxylation is 3. The number of carboxylic acid groups (broad SMARTS) is 4. The SMILES string of the molecule is CCCC(O)(c1ccc(N)cc1)C(F)(F)F.Cc1cc(CC(=O)O)cnc1S(=O)(=O)CC1CC1.Cc1cc(S(=O)(=O)CC2CC2)ncc1CC(=O)O.Cc1nc(S(=O)(=O)CC2CC2)ccc1CC(=O)O.O=C(O)Cc1ccc(S(=O)(=O)CC2CC2(F)F)nc1. The fraction of sp³-hybridized carbons (Fsp3) is 0.483. The number of benzene rings is 1. The van der Waals surface area contributed by atoms with Gasteiger partial charge in [-0.25, -0.2) is 62.4 Å². The molecular weight excluding hydrogens is 1260 g/mol. The van der Waals surface area contributed by atoms with Crippen LogP contribution >= 0.6 is 0 Å². The number of carbonyl (C=O) groups is 4. The zero-order valence-electron chi connectivity index (χ0n) is 48.9. The number of rotatable bonds is 23. The number of sulfone groups is 4. The van der Waals surface area contributed by atoms with Crippen molar-refractivity contribution in [2.24, 2.45) is 23.7 Å². The normalized spacial score (nSPS) is 16.8. The molecule has 4 fully saturated rings. The molecule has 0 amide bonds. The number of nitrogens with two attached hydrogens (primary N) is 1. The van der Waals surface area contributed by atoms with E-state index < -0.39 is 99.0 Å². The van der Waals surface area contributed by atoms with Gasteiger partial charge < -0.3 is 31.3 Å². The highest BCUT2D eigenvalue weighted by molar-refractivity contribution is 7.92. The molecule has 9 rings (SSSR count). The smallest absolute Gasteiger partial charge is 0.421 e. The van der Waals surface area contributed by atoms with Gasteiger partial charge in [0.15, 0.2) is 65.1 Å². The average molecular weight is 1330 g/mol. The van der Waals surface area contributed by atoms with Crippen LogP contribution in [0.1, 0.15) is 109 Å². The van der Waals surface area contributed by atoms with Crippen LogP contribution in [0.4, 0.5) is 27.6 Å². The Morgan fingerprint density at radius 2 is 1.01 bits per heavy atom. The first kappa shape index (κ1) is 72.7. The van der Waals surface area contributed by atoms with E-state index in [0.717, 1.165) is 50.8 Å². The van der Waals surface area contributed by atoms with E-state index >= 15 is 0 Å². The molecule has 1 aromatic carbocycles. The van der Waals surface area contributed by atoms with Gasteiger partial charge in [-0.05, 0) is 153 Å². The van der Waals surface area contributed by atoms with Gasteiger partial charge in [0, 0.05) is 42.3 Å². The Hall–Kier alpha value is -7.09. The number of carboxylic acids is 4. The fourth-order valence-electron chi connectivity index (χ4n) is 8.66. The molecule has 5 aromatic rings. The van der Waals surface area contributed by atoms with E-state index in [1.54, 1.807) is 33.8 Å². The van der Waals surface area contributed by atoms with Gasteiger partial charge in [-0.1, -0.05) is 43.7 Å².